The van der Waals surface area contributed by atoms with E-state index in [-0.39, 0.29) is 17.2 Å². The highest BCUT2D eigenvalue weighted by Crippen LogP contribution is 2.30. The molecule has 0 unspecified atom stereocenters. The molecule has 3 heterocycles. The maximum Gasteiger partial charge on any atom is 0.278 e. The van der Waals surface area contributed by atoms with E-state index in [0.29, 0.717) is 18.7 Å². The molecule has 102 valence electrons. The summed E-state index contributed by atoms with van der Waals surface area (Å²) in [5.74, 6) is 0. The molecular weight excluding hydrogens is 252 g/mol. The van der Waals surface area contributed by atoms with Gasteiger partial charge in [0.25, 0.3) is 5.56 Å². The Hall–Kier alpha value is -1.77. The van der Waals surface area contributed by atoms with Crippen molar-refractivity contribution in [1.29, 1.82) is 0 Å². The van der Waals surface area contributed by atoms with Gasteiger partial charge in [-0.3, -0.25) is 9.36 Å². The molecular formula is C11H14N4O4. The molecule has 0 saturated carbocycles. The smallest absolute Gasteiger partial charge is 0.278 e. The molecule has 2 N–H and O–H groups in total. The Balaban J connectivity index is 1.94. The molecule has 1 aliphatic rings. The molecule has 1 saturated heterocycles. The monoisotopic (exact) mass is 266 g/mol. The number of imidazole rings is 1. The minimum absolute atomic E-state index is 0.260. The lowest BCUT2D eigenvalue weighted by molar-refractivity contribution is -0.0523. The van der Waals surface area contributed by atoms with Crippen molar-refractivity contribution >= 4 is 11.2 Å². The number of hydrogen-bond donors (Lipinski definition) is 2. The summed E-state index contributed by atoms with van der Waals surface area (Å²) < 4.78 is 12.3. The first kappa shape index (κ1) is 12.3. The van der Waals surface area contributed by atoms with Gasteiger partial charge in [0.15, 0.2) is 11.2 Å². The first-order valence-corrected chi connectivity index (χ1v) is 5.93. The third-order valence-electron chi connectivity index (χ3n) is 3.21. The highest BCUT2D eigenvalue weighted by Gasteiger charge is 2.35. The van der Waals surface area contributed by atoms with Crippen LogP contribution in [-0.4, -0.2) is 50.6 Å². The van der Waals surface area contributed by atoms with Crippen molar-refractivity contribution in [3.8, 4) is 0 Å². The molecule has 8 nitrogen and oxygen atoms in total. The fourth-order valence-corrected chi connectivity index (χ4v) is 2.27. The topological polar surface area (TPSA) is 102 Å². The highest BCUT2D eigenvalue weighted by atomic mass is 16.6. The second-order valence-corrected chi connectivity index (χ2v) is 4.44. The van der Waals surface area contributed by atoms with E-state index in [2.05, 4.69) is 15.0 Å². The van der Waals surface area contributed by atoms with Gasteiger partial charge in [0, 0.05) is 13.5 Å². The molecule has 1 aliphatic heterocycles. The molecule has 2 aromatic heterocycles. The molecule has 3 atom stereocenters. The van der Waals surface area contributed by atoms with Gasteiger partial charge in [0.05, 0.1) is 25.4 Å². The Bertz CT molecular complexity index is 637. The number of aliphatic hydroxyl groups excluding tert-OH is 1. The summed E-state index contributed by atoms with van der Waals surface area (Å²) in [6.07, 6.45) is 1.85. The zero-order valence-electron chi connectivity index (χ0n) is 10.3. The van der Waals surface area contributed by atoms with Crippen LogP contribution in [0, 0.1) is 0 Å². The number of nitrogens with zero attached hydrogens (tertiary/aromatic N) is 3. The van der Waals surface area contributed by atoms with Gasteiger partial charge in [-0.1, -0.05) is 0 Å². The second-order valence-electron chi connectivity index (χ2n) is 4.44. The summed E-state index contributed by atoms with van der Waals surface area (Å²) in [5, 5.41) is 9.89. The number of methoxy groups -OCH3 is 1. The fourth-order valence-electron chi connectivity index (χ4n) is 2.27. The van der Waals surface area contributed by atoms with Gasteiger partial charge >= 0.3 is 0 Å². The Morgan fingerprint density at radius 1 is 1.63 bits per heavy atom. The lowest BCUT2D eigenvalue weighted by atomic mass is 10.2. The van der Waals surface area contributed by atoms with Gasteiger partial charge < -0.3 is 19.6 Å². The number of H-pyrrole nitrogens is 1. The molecule has 3 rings (SSSR count). The van der Waals surface area contributed by atoms with Crippen LogP contribution in [-0.2, 0) is 9.47 Å². The largest absolute Gasteiger partial charge is 0.390 e. The van der Waals surface area contributed by atoms with E-state index in [4.69, 9.17) is 9.47 Å². The number of aliphatic hydroxyl groups is 1. The van der Waals surface area contributed by atoms with E-state index >= 15 is 0 Å². The summed E-state index contributed by atoms with van der Waals surface area (Å²) >= 11 is 0. The summed E-state index contributed by atoms with van der Waals surface area (Å²) in [4.78, 5) is 22.1. The molecule has 0 bridgehead atoms. The van der Waals surface area contributed by atoms with Crippen molar-refractivity contribution in [1.82, 2.24) is 19.5 Å². The lowest BCUT2D eigenvalue weighted by Crippen LogP contribution is -2.25. The van der Waals surface area contributed by atoms with Gasteiger partial charge in [0.2, 0.25) is 0 Å². The Kier molecular flexibility index (Phi) is 3.05. The number of ether oxygens (including phenoxy) is 2. The van der Waals surface area contributed by atoms with Crippen LogP contribution in [0.5, 0.6) is 0 Å². The number of aromatic amines is 1. The summed E-state index contributed by atoms with van der Waals surface area (Å²) in [7, 11) is 1.55. The summed E-state index contributed by atoms with van der Waals surface area (Å²) in [5.41, 5.74) is 0.408. The van der Waals surface area contributed by atoms with Gasteiger partial charge in [-0.15, -0.1) is 0 Å². The Labute approximate surface area is 108 Å². The number of rotatable bonds is 3. The van der Waals surface area contributed by atoms with Crippen LogP contribution in [0.1, 0.15) is 12.6 Å². The maximum absolute atomic E-state index is 11.6. The van der Waals surface area contributed by atoms with Crippen molar-refractivity contribution in [3.05, 3.63) is 23.0 Å². The van der Waals surface area contributed by atoms with Crippen LogP contribution in [0.3, 0.4) is 0 Å². The van der Waals surface area contributed by atoms with Crippen LogP contribution in [0.2, 0.25) is 0 Å². The van der Waals surface area contributed by atoms with E-state index in [1.165, 1.54) is 12.7 Å². The molecule has 0 aliphatic carbocycles. The zero-order valence-corrected chi connectivity index (χ0v) is 10.3. The van der Waals surface area contributed by atoms with Gasteiger partial charge in [-0.25, -0.2) is 9.97 Å². The van der Waals surface area contributed by atoms with E-state index in [9.17, 15) is 9.90 Å². The first-order valence-electron chi connectivity index (χ1n) is 5.93. The van der Waals surface area contributed by atoms with Crippen molar-refractivity contribution in [2.24, 2.45) is 0 Å². The second kappa shape index (κ2) is 4.72. The third kappa shape index (κ3) is 2.03. The van der Waals surface area contributed by atoms with Crippen LogP contribution in [0.25, 0.3) is 11.2 Å². The minimum atomic E-state index is -0.607. The third-order valence-corrected chi connectivity index (χ3v) is 3.21. The highest BCUT2D eigenvalue weighted by molar-refractivity contribution is 5.68. The standard InChI is InChI=1S/C11H14N4O4/c1-18-3-7-6(16)2-8(19-7)15-5-14-9-10(15)12-4-13-11(9)17/h4-8,16H,2-3H2,1H3,(H,12,13,17)/t6-,7+,8+/m0/s1. The van der Waals surface area contributed by atoms with Crippen molar-refractivity contribution < 1.29 is 14.6 Å². The minimum Gasteiger partial charge on any atom is -0.390 e. The van der Waals surface area contributed by atoms with Crippen LogP contribution < -0.4 is 5.56 Å². The molecule has 19 heavy (non-hydrogen) atoms. The molecule has 0 aromatic carbocycles. The van der Waals surface area contributed by atoms with E-state index in [1.54, 1.807) is 11.7 Å². The molecule has 2 aromatic rings. The van der Waals surface area contributed by atoms with Crippen molar-refractivity contribution in [3.63, 3.8) is 0 Å². The van der Waals surface area contributed by atoms with Gasteiger partial charge in [-0.05, 0) is 0 Å². The predicted octanol–water partition coefficient (Wildman–Crippen LogP) is -0.586. The van der Waals surface area contributed by atoms with Gasteiger partial charge in [0.1, 0.15) is 12.3 Å². The SMILES string of the molecule is COC[C@H]1O[C@@H](n2cnc3c(=O)[nH]cnc32)C[C@@H]1O. The average molecular weight is 266 g/mol. The number of fused-ring (bicyclic) bond motifs is 1. The van der Waals surface area contributed by atoms with E-state index < -0.39 is 12.3 Å². The lowest BCUT2D eigenvalue weighted by Gasteiger charge is -2.14. The molecule has 8 heteroatoms. The van der Waals surface area contributed by atoms with E-state index in [0.717, 1.165) is 0 Å². The number of hydrogen-bond acceptors (Lipinski definition) is 6. The Morgan fingerprint density at radius 2 is 2.47 bits per heavy atom. The first-order chi connectivity index (χ1) is 9.20. The zero-order chi connectivity index (χ0) is 13.4. The van der Waals surface area contributed by atoms with Crippen molar-refractivity contribution in [2.45, 2.75) is 24.9 Å². The molecule has 0 spiro atoms. The van der Waals surface area contributed by atoms with Crippen LogP contribution in [0.15, 0.2) is 17.4 Å². The fraction of sp³-hybridized carbons (Fsp3) is 0.545. The molecule has 0 radical (unpaired) electrons. The predicted molar refractivity (Wildman–Crippen MR) is 64.6 cm³/mol. The Morgan fingerprint density at radius 3 is 3.26 bits per heavy atom. The molecule has 1 fully saturated rings. The average Bonchev–Trinajstić information content (AvgIpc) is 2.95. The summed E-state index contributed by atoms with van der Waals surface area (Å²) in [6, 6.07) is 0. The van der Waals surface area contributed by atoms with E-state index in [1.807, 2.05) is 0 Å². The van der Waals surface area contributed by atoms with Crippen LogP contribution >= 0.6 is 0 Å². The van der Waals surface area contributed by atoms with Gasteiger partial charge in [-0.2, -0.15) is 0 Å². The maximum atomic E-state index is 11.6. The quantitative estimate of drug-likeness (QED) is 0.770. The summed E-state index contributed by atoms with van der Waals surface area (Å²) in [6.45, 7) is 0.318. The van der Waals surface area contributed by atoms with Crippen LogP contribution in [0.4, 0.5) is 0 Å². The molecule has 0 amide bonds. The normalized spacial score (nSPS) is 27.2. The van der Waals surface area contributed by atoms with Crippen molar-refractivity contribution in [2.75, 3.05) is 13.7 Å². The number of aromatic nitrogens is 4. The number of nitrogens with one attached hydrogen (secondary N) is 1.